The summed E-state index contributed by atoms with van der Waals surface area (Å²) in [7, 11) is 0. The molecule has 0 aliphatic heterocycles. The summed E-state index contributed by atoms with van der Waals surface area (Å²) in [4.78, 5) is 20.5. The lowest BCUT2D eigenvalue weighted by molar-refractivity contribution is -0.138. The zero-order valence-electron chi connectivity index (χ0n) is 62.6. The van der Waals surface area contributed by atoms with Gasteiger partial charge < -0.3 is 194 Å². The Kier molecular flexibility index (Phi) is 151. The van der Waals surface area contributed by atoms with Crippen LogP contribution in [0.4, 0.5) is 0 Å². The highest BCUT2D eigenvalue weighted by molar-refractivity contribution is 5.66. The Hall–Kier alpha value is -2.76. The number of unbranched alkanes of at least 4 members (excludes halogenated alkanes) is 19. The third-order valence-electron chi connectivity index (χ3n) is 11.9. The van der Waals surface area contributed by atoms with E-state index in [-0.39, 0.29) is 132 Å². The summed E-state index contributed by atoms with van der Waals surface area (Å²) in [6, 6.07) is 0. The van der Waals surface area contributed by atoms with Gasteiger partial charge in [0.05, 0.1) is 145 Å². The quantitative estimate of drug-likeness (QED) is 0.0199. The van der Waals surface area contributed by atoms with Crippen molar-refractivity contribution >= 4 is 11.9 Å². The van der Waals surface area contributed by atoms with E-state index in [1.807, 2.05) is 0 Å². The lowest BCUT2D eigenvalue weighted by atomic mass is 10.0. The lowest BCUT2D eigenvalue weighted by Gasteiger charge is -2.24. The minimum absolute atomic E-state index is 0.332. The van der Waals surface area contributed by atoms with Crippen LogP contribution >= 0.6 is 0 Å². The number of aliphatic hydroxyl groups excluding tert-OH is 36. The van der Waals surface area contributed by atoms with Crippen molar-refractivity contribution in [3.63, 3.8) is 0 Å². The minimum atomic E-state index is -1.67. The van der Waals surface area contributed by atoms with Gasteiger partial charge in [0.2, 0.25) is 0 Å². The van der Waals surface area contributed by atoms with Gasteiger partial charge in [-0.25, -0.2) is 0 Å². The number of hydrogen-bond donors (Lipinski definition) is 38. The molecule has 0 spiro atoms. The molecule has 0 aromatic heterocycles. The summed E-state index contributed by atoms with van der Waals surface area (Å²) in [5, 5.41) is 309. The molecule has 0 aliphatic carbocycles. The van der Waals surface area contributed by atoms with Crippen molar-refractivity contribution in [2.75, 3.05) is 145 Å². The molecule has 0 fully saturated rings. The van der Waals surface area contributed by atoms with E-state index in [1.165, 1.54) is 116 Å². The van der Waals surface area contributed by atoms with E-state index < -0.39 is 111 Å². The predicted molar refractivity (Wildman–Crippen MR) is 387 cm³/mol. The lowest BCUT2D eigenvalue weighted by Crippen LogP contribution is -2.46. The van der Waals surface area contributed by atoms with Crippen molar-refractivity contribution in [3.8, 4) is 0 Å². The van der Waals surface area contributed by atoms with Crippen molar-refractivity contribution in [1.29, 1.82) is 0 Å². The molecule has 0 aromatic carbocycles. The van der Waals surface area contributed by atoms with Gasteiger partial charge in [-0.05, 0) is 38.5 Å². The second kappa shape index (κ2) is 121. The Balaban J connectivity index is -0.0000000828. The first-order valence-corrected chi connectivity index (χ1v) is 35.2. The van der Waals surface area contributed by atoms with E-state index in [1.54, 1.807) is 0 Å². The highest BCUT2D eigenvalue weighted by atomic mass is 16.4. The van der Waals surface area contributed by atoms with Crippen LogP contribution in [-0.2, 0) is 9.59 Å². The molecule has 0 saturated carbocycles. The number of allylic oxidation sites excluding steroid dienone is 2. The molecular weight excluding hydrogens is 1430 g/mol. The van der Waals surface area contributed by atoms with Gasteiger partial charge in [-0.3, -0.25) is 9.59 Å². The zero-order chi connectivity index (χ0) is 85.2. The van der Waals surface area contributed by atoms with Gasteiger partial charge in [0.25, 0.3) is 0 Å². The van der Waals surface area contributed by atoms with Crippen LogP contribution in [0.5, 0.6) is 0 Å². The maximum absolute atomic E-state index is 10.3. The molecular formula is C66H152O40. The van der Waals surface area contributed by atoms with Crippen LogP contribution < -0.4 is 0 Å². The fourth-order valence-electron chi connectivity index (χ4n) is 5.18. The fourth-order valence-corrected chi connectivity index (χ4v) is 5.18. The van der Waals surface area contributed by atoms with Crippen molar-refractivity contribution < 1.29 is 204 Å². The van der Waals surface area contributed by atoms with Crippen molar-refractivity contribution in [1.82, 2.24) is 0 Å². The monoisotopic (exact) mass is 1580 g/mol. The molecule has 0 aliphatic rings. The van der Waals surface area contributed by atoms with Gasteiger partial charge in [-0.1, -0.05) is 129 Å². The summed E-state index contributed by atoms with van der Waals surface area (Å²) in [6.45, 7) is -4.26. The molecule has 106 heavy (non-hydrogen) atoms. The van der Waals surface area contributed by atoms with Gasteiger partial charge >= 0.3 is 11.9 Å². The molecule has 0 heterocycles. The van der Waals surface area contributed by atoms with Crippen LogP contribution in [0.2, 0.25) is 0 Å². The van der Waals surface area contributed by atoms with Crippen molar-refractivity contribution in [2.24, 2.45) is 0 Å². The Labute approximate surface area is 624 Å². The number of carboxylic acids is 2. The number of carboxylic acid groups (broad SMARTS) is 2. The second-order valence-electron chi connectivity index (χ2n) is 22.4. The van der Waals surface area contributed by atoms with Gasteiger partial charge in [0.15, 0.2) is 0 Å². The third-order valence-corrected chi connectivity index (χ3v) is 11.9. The zero-order valence-corrected chi connectivity index (χ0v) is 62.6. The van der Waals surface area contributed by atoms with E-state index in [9.17, 15) is 9.59 Å². The van der Waals surface area contributed by atoms with Crippen LogP contribution in [0.25, 0.3) is 0 Å². The Morgan fingerprint density at radius 3 is 0.453 bits per heavy atom. The summed E-state index contributed by atoms with van der Waals surface area (Å²) < 4.78 is 0. The molecule has 0 radical (unpaired) electrons. The maximum Gasteiger partial charge on any atom is 0.303 e. The molecule has 0 unspecified atom stereocenters. The molecule has 0 amide bonds. The van der Waals surface area contributed by atoms with Gasteiger partial charge in [0, 0.05) is 12.8 Å². The summed E-state index contributed by atoms with van der Waals surface area (Å²) >= 11 is 0. The van der Waals surface area contributed by atoms with Gasteiger partial charge in [-0.15, -0.1) is 0 Å². The average Bonchev–Trinajstić information content (AvgIpc) is 0.920. The summed E-state index contributed by atoms with van der Waals surface area (Å²) in [5.74, 6) is -1.32. The molecule has 4 atom stereocenters. The highest BCUT2D eigenvalue weighted by Crippen LogP contribution is 2.12. The third kappa shape index (κ3) is 154. The minimum Gasteiger partial charge on any atom is -0.481 e. The van der Waals surface area contributed by atoms with E-state index in [2.05, 4.69) is 26.0 Å². The molecule has 0 rings (SSSR count). The van der Waals surface area contributed by atoms with Crippen LogP contribution in [0.15, 0.2) is 12.2 Å². The van der Waals surface area contributed by atoms with Gasteiger partial charge in [-0.2, -0.15) is 0 Å². The molecule has 0 saturated heterocycles. The van der Waals surface area contributed by atoms with E-state index in [4.69, 9.17) is 194 Å². The fraction of sp³-hybridized carbons (Fsp3) is 0.939. The summed E-state index contributed by atoms with van der Waals surface area (Å²) in [6.07, 6.45) is 16.8. The highest BCUT2D eigenvalue weighted by Gasteiger charge is 2.29. The Bertz CT molecular complexity index is 1280. The number of aliphatic carboxylic acids is 2. The molecule has 40 nitrogen and oxygen atoms in total. The molecule has 40 heteroatoms. The second-order valence-corrected chi connectivity index (χ2v) is 22.4. The van der Waals surface area contributed by atoms with Crippen LogP contribution in [-0.4, -0.2) is 437 Å². The van der Waals surface area contributed by atoms with Crippen molar-refractivity contribution in [2.45, 2.75) is 253 Å². The van der Waals surface area contributed by atoms with Crippen LogP contribution in [0.1, 0.15) is 168 Å². The molecule has 38 N–H and O–H groups in total. The number of carbonyl (C=O) groups is 2. The molecule has 0 bridgehead atoms. The average molecular weight is 1590 g/mol. The van der Waals surface area contributed by atoms with Crippen LogP contribution in [0.3, 0.4) is 0 Å². The SMILES string of the molecule is CCCCCCCC/C=C\CCCCCCCC(=O)O.CCCCCCCCCCCC(=O)O.OCC(O)CO.OCC(O)CO.OCC(O)CO.OCC(O)CO.OCC(O)CO.OCC(O)CO.OCC(O)CO.OCC(O)CO.OCC(O)CO.OCC(O)CO.OC[C@@H](O)[C@@H](O)[C@H](O)[C@@H](O)CO. The van der Waals surface area contributed by atoms with Crippen LogP contribution in [0, 0.1) is 0 Å². The first-order chi connectivity index (χ1) is 50.2. The number of aliphatic hydroxyl groups is 36. The normalized spacial score (nSPS) is 11.6. The largest absolute Gasteiger partial charge is 0.481 e. The molecule has 656 valence electrons. The Morgan fingerprint density at radius 2 is 0.340 bits per heavy atom. The first-order valence-electron chi connectivity index (χ1n) is 35.2. The predicted octanol–water partition coefficient (Wildman–Crippen LogP) is -10.2. The first kappa shape index (κ1) is 133. The smallest absolute Gasteiger partial charge is 0.303 e. The standard InChI is InChI=1S/C18H34O2.C12H24O2.C6H14O6.10C3H8O3/c1-2-3-4-5-6-7-8-9-10-11-12-13-14-15-16-17-18(19)20;1-2-3-4-5-6-7-8-9-10-11-12(13)14;7-1-3(9)5(11)6(12)4(10)2-8;10*4-1-3(6)2-5/h9-10H,2-8,11-17H2,1H3,(H,19,20);2-11H2,1H3,(H,13,14);3-12H,1-2H2;10*3-6H,1-2H2/b10-9-;;;;;;;;;;;;/t;;3-,4+,5-,6-;;;;;;;;;;/m..1........../s1. The number of rotatable bonds is 50. The Morgan fingerprint density at radius 1 is 0.208 bits per heavy atom. The van der Waals surface area contributed by atoms with E-state index >= 15 is 0 Å². The summed E-state index contributed by atoms with van der Waals surface area (Å²) in [5.41, 5.74) is 0. The maximum atomic E-state index is 10.3. The number of hydrogen-bond acceptors (Lipinski definition) is 38. The topological polar surface area (TPSA) is 803 Å². The van der Waals surface area contributed by atoms with E-state index in [0.717, 1.165) is 25.7 Å². The van der Waals surface area contributed by atoms with Gasteiger partial charge in [0.1, 0.15) is 85.5 Å². The molecule has 0 aromatic rings. The van der Waals surface area contributed by atoms with E-state index in [0.29, 0.717) is 12.8 Å². The van der Waals surface area contributed by atoms with Crippen molar-refractivity contribution in [3.05, 3.63) is 12.2 Å².